The zero-order valence-electron chi connectivity index (χ0n) is 63.1. The highest BCUT2D eigenvalue weighted by molar-refractivity contribution is 7.47. The molecule has 0 aliphatic carbocycles. The van der Waals surface area contributed by atoms with Gasteiger partial charge in [0.05, 0.1) is 26.4 Å². The summed E-state index contributed by atoms with van der Waals surface area (Å²) in [4.78, 5) is 72.6. The Morgan fingerprint density at radius 3 is 0.608 bits per heavy atom. The molecule has 19 heteroatoms. The van der Waals surface area contributed by atoms with Crippen LogP contribution in [0.5, 0.6) is 0 Å². The minimum Gasteiger partial charge on any atom is -0.462 e. The number of carbonyl (C=O) groups excluding carboxylic acids is 4. The number of hydrogen-bond donors (Lipinski definition) is 3. The van der Waals surface area contributed by atoms with Gasteiger partial charge in [0.1, 0.15) is 19.3 Å². The van der Waals surface area contributed by atoms with E-state index in [4.69, 9.17) is 37.0 Å². The van der Waals surface area contributed by atoms with Crippen LogP contribution in [0.2, 0.25) is 0 Å². The van der Waals surface area contributed by atoms with Crippen molar-refractivity contribution in [1.29, 1.82) is 0 Å². The van der Waals surface area contributed by atoms with Gasteiger partial charge in [0.2, 0.25) is 0 Å². The summed E-state index contributed by atoms with van der Waals surface area (Å²) in [5.41, 5.74) is 0. The van der Waals surface area contributed by atoms with E-state index in [0.29, 0.717) is 25.7 Å². The summed E-state index contributed by atoms with van der Waals surface area (Å²) in [6.07, 6.45) is 64.4. The van der Waals surface area contributed by atoms with Crippen LogP contribution in [0.4, 0.5) is 0 Å². The number of phosphoric acid groups is 2. The first kappa shape index (κ1) is 95.1. The van der Waals surface area contributed by atoms with Crippen LogP contribution in [-0.4, -0.2) is 96.7 Å². The van der Waals surface area contributed by atoms with Gasteiger partial charge in [-0.15, -0.1) is 0 Å². The number of ether oxygens (including phenoxy) is 4. The third kappa shape index (κ3) is 72.2. The molecule has 0 rings (SSSR count). The summed E-state index contributed by atoms with van der Waals surface area (Å²) in [7, 11) is -9.90. The first-order chi connectivity index (χ1) is 47.2. The van der Waals surface area contributed by atoms with E-state index < -0.39 is 97.5 Å². The molecule has 0 aromatic carbocycles. The van der Waals surface area contributed by atoms with E-state index in [-0.39, 0.29) is 25.7 Å². The predicted octanol–water partition coefficient (Wildman–Crippen LogP) is 23.4. The van der Waals surface area contributed by atoms with Crippen molar-refractivity contribution in [2.75, 3.05) is 39.6 Å². The normalized spacial score (nSPS) is 13.8. The minimum atomic E-state index is -4.96. The molecule has 576 valence electrons. The van der Waals surface area contributed by atoms with Crippen molar-refractivity contribution < 1.29 is 80.2 Å². The zero-order chi connectivity index (χ0) is 71.1. The van der Waals surface area contributed by atoms with E-state index in [0.717, 1.165) is 96.3 Å². The monoisotopic (exact) mass is 1420 g/mol. The molecular formula is C78H152O17P2. The third-order valence-electron chi connectivity index (χ3n) is 18.4. The van der Waals surface area contributed by atoms with E-state index in [1.165, 1.54) is 244 Å². The molecule has 0 aromatic heterocycles. The van der Waals surface area contributed by atoms with Gasteiger partial charge in [-0.25, -0.2) is 9.13 Å². The molecule has 97 heavy (non-hydrogen) atoms. The SMILES string of the molecule is CCCCCCCCCCCCCCCCCCCCCCCC(=O)O[C@H](COC(=O)CCCCCCCCCCCCCCCCCCCCC)COP(=O)(O)OC[C@@H](O)COP(=O)(O)OC[C@@H](COC(=O)CCCCCCC)OC(=O)CCCCCCCCCCCCCC. The van der Waals surface area contributed by atoms with Crippen molar-refractivity contribution in [3.63, 3.8) is 0 Å². The Morgan fingerprint density at radius 2 is 0.412 bits per heavy atom. The quantitative estimate of drug-likeness (QED) is 0.0222. The highest BCUT2D eigenvalue weighted by atomic mass is 31.2. The Bertz CT molecular complexity index is 1840. The Hall–Kier alpha value is -1.94. The minimum absolute atomic E-state index is 0.107. The van der Waals surface area contributed by atoms with Gasteiger partial charge in [-0.2, -0.15) is 0 Å². The van der Waals surface area contributed by atoms with Crippen LogP contribution in [0.3, 0.4) is 0 Å². The number of rotatable bonds is 79. The highest BCUT2D eigenvalue weighted by Crippen LogP contribution is 2.45. The summed E-state index contributed by atoms with van der Waals surface area (Å²) >= 11 is 0. The summed E-state index contributed by atoms with van der Waals surface area (Å²) in [6.45, 7) is 4.91. The molecule has 0 spiro atoms. The van der Waals surface area contributed by atoms with Gasteiger partial charge >= 0.3 is 39.5 Å². The van der Waals surface area contributed by atoms with E-state index in [1.54, 1.807) is 0 Å². The molecule has 2 unspecified atom stereocenters. The lowest BCUT2D eigenvalue weighted by atomic mass is 10.0. The molecule has 0 radical (unpaired) electrons. The van der Waals surface area contributed by atoms with Gasteiger partial charge in [0.15, 0.2) is 12.2 Å². The molecule has 5 atom stereocenters. The predicted molar refractivity (Wildman–Crippen MR) is 395 cm³/mol. The van der Waals surface area contributed by atoms with E-state index in [9.17, 15) is 43.2 Å². The van der Waals surface area contributed by atoms with Gasteiger partial charge in [-0.1, -0.05) is 368 Å². The first-order valence-electron chi connectivity index (χ1n) is 40.8. The molecule has 0 amide bonds. The van der Waals surface area contributed by atoms with E-state index in [2.05, 4.69) is 27.7 Å². The Morgan fingerprint density at radius 1 is 0.247 bits per heavy atom. The van der Waals surface area contributed by atoms with Crippen molar-refractivity contribution in [3.8, 4) is 0 Å². The fraction of sp³-hybridized carbons (Fsp3) is 0.949. The largest absolute Gasteiger partial charge is 0.472 e. The number of unbranched alkanes of at least 4 members (excludes halogenated alkanes) is 53. The van der Waals surface area contributed by atoms with Gasteiger partial charge in [-0.05, 0) is 25.7 Å². The van der Waals surface area contributed by atoms with Crippen LogP contribution in [-0.2, 0) is 65.4 Å². The number of aliphatic hydroxyl groups excluding tert-OH is 1. The van der Waals surface area contributed by atoms with Gasteiger partial charge in [-0.3, -0.25) is 37.3 Å². The smallest absolute Gasteiger partial charge is 0.462 e. The maximum atomic E-state index is 13.1. The van der Waals surface area contributed by atoms with E-state index in [1.807, 2.05) is 0 Å². The fourth-order valence-electron chi connectivity index (χ4n) is 12.1. The average molecular weight is 1420 g/mol. The molecular weight excluding hydrogens is 1270 g/mol. The zero-order valence-corrected chi connectivity index (χ0v) is 64.8. The second kappa shape index (κ2) is 72.4. The number of aliphatic hydroxyl groups is 1. The molecule has 0 aliphatic heterocycles. The highest BCUT2D eigenvalue weighted by Gasteiger charge is 2.30. The van der Waals surface area contributed by atoms with Crippen molar-refractivity contribution in [2.24, 2.45) is 0 Å². The van der Waals surface area contributed by atoms with Crippen LogP contribution < -0.4 is 0 Å². The molecule has 0 fully saturated rings. The Labute approximate surface area is 594 Å². The van der Waals surface area contributed by atoms with Crippen LogP contribution >= 0.6 is 15.6 Å². The molecule has 0 heterocycles. The maximum absolute atomic E-state index is 13.1. The first-order valence-corrected chi connectivity index (χ1v) is 43.8. The molecule has 17 nitrogen and oxygen atoms in total. The molecule has 0 saturated carbocycles. The lowest BCUT2D eigenvalue weighted by Crippen LogP contribution is -2.30. The maximum Gasteiger partial charge on any atom is 0.472 e. The van der Waals surface area contributed by atoms with Crippen molar-refractivity contribution in [3.05, 3.63) is 0 Å². The lowest BCUT2D eigenvalue weighted by molar-refractivity contribution is -0.161. The fourth-order valence-corrected chi connectivity index (χ4v) is 13.7. The second-order valence-electron chi connectivity index (χ2n) is 28.1. The lowest BCUT2D eigenvalue weighted by Gasteiger charge is -2.21. The Kier molecular flexibility index (Phi) is 71.0. The van der Waals surface area contributed by atoms with E-state index >= 15 is 0 Å². The van der Waals surface area contributed by atoms with Crippen LogP contribution in [0.1, 0.15) is 419 Å². The van der Waals surface area contributed by atoms with Crippen molar-refractivity contribution in [2.45, 2.75) is 438 Å². The summed E-state index contributed by atoms with van der Waals surface area (Å²) in [5.74, 6) is -2.12. The summed E-state index contributed by atoms with van der Waals surface area (Å²) in [6, 6.07) is 0. The van der Waals surface area contributed by atoms with Crippen LogP contribution in [0.15, 0.2) is 0 Å². The Balaban J connectivity index is 5.11. The molecule has 0 aromatic rings. The van der Waals surface area contributed by atoms with Crippen LogP contribution in [0, 0.1) is 0 Å². The third-order valence-corrected chi connectivity index (χ3v) is 20.3. The topological polar surface area (TPSA) is 237 Å². The number of esters is 4. The van der Waals surface area contributed by atoms with Gasteiger partial charge in [0, 0.05) is 25.7 Å². The van der Waals surface area contributed by atoms with Crippen molar-refractivity contribution in [1.82, 2.24) is 0 Å². The average Bonchev–Trinajstić information content (AvgIpc) is 1.65. The van der Waals surface area contributed by atoms with Gasteiger partial charge < -0.3 is 33.8 Å². The molecule has 0 aliphatic rings. The molecule has 3 N–H and O–H groups in total. The summed E-state index contributed by atoms with van der Waals surface area (Å²) < 4.78 is 68.3. The standard InChI is InChI=1S/C78H152O17P2/c1-5-9-13-17-20-23-26-29-31-33-35-36-38-40-42-44-47-50-53-57-61-65-78(83)95-74(69-89-76(81)63-59-55-51-48-46-43-41-39-37-34-32-30-27-24-21-18-14-10-6-2)71-93-97(86,87)91-67-72(79)66-90-96(84,85)92-70-73(68-88-75(80)62-58-54-16-12-8-4)94-77(82)64-60-56-52-49-45-28-25-22-19-15-11-7-3/h72-74,79H,5-71H2,1-4H3,(H,84,85)(H,86,87)/t72-,73+,74+/m0/s1. The molecule has 0 bridgehead atoms. The second-order valence-corrected chi connectivity index (χ2v) is 31.0. The number of carbonyl (C=O) groups is 4. The van der Waals surface area contributed by atoms with Crippen molar-refractivity contribution >= 4 is 39.5 Å². The molecule has 0 saturated heterocycles. The van der Waals surface area contributed by atoms with Gasteiger partial charge in [0.25, 0.3) is 0 Å². The number of hydrogen-bond acceptors (Lipinski definition) is 15. The number of phosphoric ester groups is 2. The summed E-state index contributed by atoms with van der Waals surface area (Å²) in [5, 5.41) is 10.6. The van der Waals surface area contributed by atoms with Crippen LogP contribution in [0.25, 0.3) is 0 Å².